The molecule has 1 saturated heterocycles. The van der Waals surface area contributed by atoms with E-state index in [1.54, 1.807) is 11.3 Å². The first-order valence-electron chi connectivity index (χ1n) is 6.75. The Morgan fingerprint density at radius 2 is 2.05 bits per heavy atom. The van der Waals surface area contributed by atoms with E-state index in [-0.39, 0.29) is 0 Å². The van der Waals surface area contributed by atoms with Crippen molar-refractivity contribution in [1.29, 1.82) is 0 Å². The van der Waals surface area contributed by atoms with Gasteiger partial charge in [-0.2, -0.15) is 0 Å². The van der Waals surface area contributed by atoms with Gasteiger partial charge in [0.05, 0.1) is 6.54 Å². The lowest BCUT2D eigenvalue weighted by atomic mass is 9.98. The molecule has 1 aromatic heterocycles. The molecule has 1 atom stereocenters. The minimum absolute atomic E-state index is 0.469. The van der Waals surface area contributed by atoms with Crippen molar-refractivity contribution in [2.75, 3.05) is 13.1 Å². The highest BCUT2D eigenvalue weighted by atomic mass is 32.1. The quantitative estimate of drug-likeness (QED) is 0.858. The minimum Gasteiger partial charge on any atom is -0.296 e. The molecule has 20 heavy (non-hydrogen) atoms. The van der Waals surface area contributed by atoms with Crippen molar-refractivity contribution in [2.45, 2.75) is 19.4 Å². The number of thiazole rings is 1. The van der Waals surface area contributed by atoms with E-state index in [2.05, 4.69) is 9.88 Å². The third kappa shape index (κ3) is 3.41. The van der Waals surface area contributed by atoms with Crippen LogP contribution in [-0.2, 0) is 13.0 Å². The second kappa shape index (κ2) is 5.97. The summed E-state index contributed by atoms with van der Waals surface area (Å²) in [4.78, 5) is 6.65. The van der Waals surface area contributed by atoms with Gasteiger partial charge < -0.3 is 0 Å². The maximum absolute atomic E-state index is 13.2. The Balaban J connectivity index is 1.57. The van der Waals surface area contributed by atoms with E-state index in [4.69, 9.17) is 0 Å². The molecular weight excluding hydrogens is 278 g/mol. The zero-order chi connectivity index (χ0) is 13.9. The first-order chi connectivity index (χ1) is 9.69. The summed E-state index contributed by atoms with van der Waals surface area (Å²) in [5.74, 6) is -0.508. The largest absolute Gasteiger partial charge is 0.296 e. The highest BCUT2D eigenvalue weighted by Crippen LogP contribution is 2.23. The summed E-state index contributed by atoms with van der Waals surface area (Å²) >= 11 is 1.67. The highest BCUT2D eigenvalue weighted by molar-refractivity contribution is 7.09. The fourth-order valence-corrected chi connectivity index (χ4v) is 3.47. The van der Waals surface area contributed by atoms with E-state index in [1.165, 1.54) is 12.1 Å². The predicted molar refractivity (Wildman–Crippen MR) is 75.6 cm³/mol. The van der Waals surface area contributed by atoms with Gasteiger partial charge in [-0.3, -0.25) is 4.90 Å². The maximum Gasteiger partial charge on any atom is 0.126 e. The lowest BCUT2D eigenvalue weighted by molar-refractivity contribution is 0.316. The number of hydrogen-bond acceptors (Lipinski definition) is 3. The Morgan fingerprint density at radius 1 is 1.25 bits per heavy atom. The first-order valence-corrected chi connectivity index (χ1v) is 7.63. The molecule has 1 aliphatic rings. The standard InChI is InChI=1S/C15H16F2N2S/c16-13-6-12(7-14(17)8-13)5-11-1-3-19(9-11)10-15-18-2-4-20-15/h2,4,6-8,11H,1,3,5,9-10H2. The van der Waals surface area contributed by atoms with E-state index in [1.807, 2.05) is 11.6 Å². The van der Waals surface area contributed by atoms with Crippen molar-refractivity contribution in [3.05, 3.63) is 52.0 Å². The lowest BCUT2D eigenvalue weighted by Crippen LogP contribution is -2.20. The van der Waals surface area contributed by atoms with Crippen LogP contribution in [-0.4, -0.2) is 23.0 Å². The van der Waals surface area contributed by atoms with Crippen LogP contribution in [0.15, 0.2) is 29.8 Å². The van der Waals surface area contributed by atoms with Gasteiger partial charge in [0.25, 0.3) is 0 Å². The molecule has 5 heteroatoms. The molecule has 1 unspecified atom stereocenters. The van der Waals surface area contributed by atoms with Gasteiger partial charge in [0.2, 0.25) is 0 Å². The SMILES string of the molecule is Fc1cc(F)cc(CC2CCN(Cc3nccs3)C2)c1. The van der Waals surface area contributed by atoms with E-state index in [9.17, 15) is 8.78 Å². The normalized spacial score (nSPS) is 19.6. The molecule has 1 aliphatic heterocycles. The molecule has 3 rings (SSSR count). The Bertz CT molecular complexity index is 551. The van der Waals surface area contributed by atoms with Crippen LogP contribution in [0.3, 0.4) is 0 Å². The third-order valence-electron chi connectivity index (χ3n) is 3.66. The molecule has 1 aromatic carbocycles. The van der Waals surface area contributed by atoms with Crippen molar-refractivity contribution in [3.63, 3.8) is 0 Å². The van der Waals surface area contributed by atoms with Crippen LogP contribution < -0.4 is 0 Å². The summed E-state index contributed by atoms with van der Waals surface area (Å²) in [5, 5.41) is 3.11. The second-order valence-electron chi connectivity index (χ2n) is 5.30. The summed E-state index contributed by atoms with van der Waals surface area (Å²) in [5.41, 5.74) is 0.753. The monoisotopic (exact) mass is 294 g/mol. The van der Waals surface area contributed by atoms with Crippen LogP contribution in [0, 0.1) is 17.6 Å². The molecule has 2 nitrogen and oxygen atoms in total. The molecule has 2 heterocycles. The maximum atomic E-state index is 13.2. The number of benzene rings is 1. The van der Waals surface area contributed by atoms with Crippen molar-refractivity contribution < 1.29 is 8.78 Å². The summed E-state index contributed by atoms with van der Waals surface area (Å²) in [6.07, 6.45) is 3.63. The topological polar surface area (TPSA) is 16.1 Å². The summed E-state index contributed by atoms with van der Waals surface area (Å²) in [6.45, 7) is 2.88. The van der Waals surface area contributed by atoms with Gasteiger partial charge in [-0.25, -0.2) is 13.8 Å². The van der Waals surface area contributed by atoms with Gasteiger partial charge in [-0.1, -0.05) is 0 Å². The van der Waals surface area contributed by atoms with Gasteiger partial charge in [0.1, 0.15) is 16.6 Å². The first kappa shape index (κ1) is 13.6. The molecule has 2 aromatic rings. The Hall–Kier alpha value is -1.33. The smallest absolute Gasteiger partial charge is 0.126 e. The van der Waals surface area contributed by atoms with Crippen LogP contribution in [0.1, 0.15) is 17.0 Å². The average molecular weight is 294 g/mol. The van der Waals surface area contributed by atoms with E-state index >= 15 is 0 Å². The Morgan fingerprint density at radius 3 is 2.75 bits per heavy atom. The van der Waals surface area contributed by atoms with E-state index in [0.29, 0.717) is 5.92 Å². The Kier molecular flexibility index (Phi) is 4.08. The molecule has 0 saturated carbocycles. The molecule has 106 valence electrons. The average Bonchev–Trinajstić information content (AvgIpc) is 3.01. The van der Waals surface area contributed by atoms with Crippen molar-refractivity contribution >= 4 is 11.3 Å². The molecule has 0 amide bonds. The van der Waals surface area contributed by atoms with Gasteiger partial charge in [0, 0.05) is 24.2 Å². The number of aromatic nitrogens is 1. The zero-order valence-electron chi connectivity index (χ0n) is 11.1. The van der Waals surface area contributed by atoms with E-state index in [0.717, 1.165) is 49.1 Å². The number of likely N-dealkylation sites (tertiary alicyclic amines) is 1. The van der Waals surface area contributed by atoms with Crippen molar-refractivity contribution in [1.82, 2.24) is 9.88 Å². The van der Waals surface area contributed by atoms with Crippen LogP contribution in [0.25, 0.3) is 0 Å². The highest BCUT2D eigenvalue weighted by Gasteiger charge is 2.23. The number of hydrogen-bond donors (Lipinski definition) is 0. The fraction of sp³-hybridized carbons (Fsp3) is 0.400. The van der Waals surface area contributed by atoms with Crippen LogP contribution in [0.2, 0.25) is 0 Å². The van der Waals surface area contributed by atoms with Crippen LogP contribution in [0.5, 0.6) is 0 Å². The molecule has 0 N–H and O–H groups in total. The van der Waals surface area contributed by atoms with Crippen molar-refractivity contribution in [3.8, 4) is 0 Å². The third-order valence-corrected chi connectivity index (χ3v) is 4.42. The van der Waals surface area contributed by atoms with Gasteiger partial charge in [0.15, 0.2) is 0 Å². The molecule has 0 radical (unpaired) electrons. The van der Waals surface area contributed by atoms with Gasteiger partial charge in [-0.05, 0) is 43.0 Å². The van der Waals surface area contributed by atoms with Crippen LogP contribution in [0.4, 0.5) is 8.78 Å². The van der Waals surface area contributed by atoms with E-state index < -0.39 is 11.6 Å². The fourth-order valence-electron chi connectivity index (χ4n) is 2.81. The lowest BCUT2D eigenvalue weighted by Gasteiger charge is -2.14. The molecular formula is C15H16F2N2S. The van der Waals surface area contributed by atoms with Crippen molar-refractivity contribution in [2.24, 2.45) is 5.92 Å². The molecule has 1 fully saturated rings. The number of halogens is 2. The number of nitrogens with zero attached hydrogens (tertiary/aromatic N) is 2. The van der Waals surface area contributed by atoms with Crippen LogP contribution >= 0.6 is 11.3 Å². The Labute approximate surface area is 121 Å². The summed E-state index contributed by atoms with van der Waals surface area (Å²) < 4.78 is 26.3. The minimum atomic E-state index is -0.488. The zero-order valence-corrected chi connectivity index (χ0v) is 11.9. The predicted octanol–water partition coefficient (Wildman–Crippen LogP) is 3.49. The summed E-state index contributed by atoms with van der Waals surface area (Å²) in [7, 11) is 0. The molecule has 0 spiro atoms. The van der Waals surface area contributed by atoms with Gasteiger partial charge in [-0.15, -0.1) is 11.3 Å². The molecule has 0 bridgehead atoms. The summed E-state index contributed by atoms with van der Waals surface area (Å²) in [6, 6.07) is 3.80. The second-order valence-corrected chi connectivity index (χ2v) is 6.28. The van der Waals surface area contributed by atoms with Gasteiger partial charge >= 0.3 is 0 Å². The number of rotatable bonds is 4. The molecule has 0 aliphatic carbocycles.